The Hall–Kier alpha value is -5.30. The molecule has 1 aliphatic rings. The van der Waals surface area contributed by atoms with Gasteiger partial charge in [0.15, 0.2) is 0 Å². The molecule has 0 aliphatic carbocycles. The van der Waals surface area contributed by atoms with Crippen LogP contribution < -0.4 is 10.1 Å². The maximum absolute atomic E-state index is 6.10. The predicted molar refractivity (Wildman–Crippen MR) is 190 cm³/mol. The summed E-state index contributed by atoms with van der Waals surface area (Å²) in [6.45, 7) is 3.75. The van der Waals surface area contributed by atoms with Gasteiger partial charge in [0.2, 0.25) is 5.88 Å². The fourth-order valence-electron chi connectivity index (χ4n) is 6.66. The number of thiophene rings is 1. The standard InChI is InChI=1S/C22H14N2O.C17H16N2S/c1-24-17-8-4-2-7-14(17)20-15-10-11-23-22-21(15)16(12-18(20)24)13-6-3-5-9-19(13)25-22;1-18-15(12-8-4-3-5-9-12)17-16(19-2)13-10-6-7-11-14(13)20-17/h2-12H,1H3;3-11,15,18H,2H2,1H3. The molecule has 0 amide bonds. The predicted octanol–water partition coefficient (Wildman–Crippen LogP) is 10.2. The fraction of sp³-hybridized carbons (Fsp3) is 0.0769. The number of aliphatic imine (C=N–C) groups is 1. The number of nitrogens with one attached hydrogen (secondary N) is 1. The van der Waals surface area contributed by atoms with E-state index in [4.69, 9.17) is 4.74 Å². The minimum Gasteiger partial charge on any atom is -0.438 e. The summed E-state index contributed by atoms with van der Waals surface area (Å²) in [6, 6.07) is 40.1. The molecule has 0 saturated carbocycles. The van der Waals surface area contributed by atoms with Gasteiger partial charge in [-0.3, -0.25) is 4.99 Å². The van der Waals surface area contributed by atoms with Crippen molar-refractivity contribution in [2.75, 3.05) is 7.05 Å². The molecule has 1 atom stereocenters. The molecule has 45 heavy (non-hydrogen) atoms. The summed E-state index contributed by atoms with van der Waals surface area (Å²) in [4.78, 5) is 9.99. The first kappa shape index (κ1) is 27.3. The highest BCUT2D eigenvalue weighted by atomic mass is 32.1. The Balaban J connectivity index is 0.000000138. The molecule has 0 radical (unpaired) electrons. The third kappa shape index (κ3) is 4.33. The summed E-state index contributed by atoms with van der Waals surface area (Å²) in [5.41, 5.74) is 7.03. The average molecular weight is 603 g/mol. The summed E-state index contributed by atoms with van der Waals surface area (Å²) in [7, 11) is 4.12. The van der Waals surface area contributed by atoms with Gasteiger partial charge in [0, 0.05) is 50.7 Å². The molecule has 0 fully saturated rings. The lowest BCUT2D eigenvalue weighted by atomic mass is 9.94. The zero-order valence-corrected chi connectivity index (χ0v) is 25.8. The number of fused-ring (bicyclic) bond motifs is 7. The van der Waals surface area contributed by atoms with Crippen LogP contribution in [0.3, 0.4) is 0 Å². The Morgan fingerprint density at radius 2 is 1.51 bits per heavy atom. The molecule has 5 nitrogen and oxygen atoms in total. The molecule has 8 aromatic rings. The third-order valence-electron chi connectivity index (χ3n) is 8.71. The molecule has 6 heteroatoms. The normalized spacial score (nSPS) is 12.5. The maximum Gasteiger partial charge on any atom is 0.227 e. The number of para-hydroxylation sites is 2. The molecule has 1 aliphatic heterocycles. The Morgan fingerprint density at radius 3 is 2.33 bits per heavy atom. The highest BCUT2D eigenvalue weighted by Crippen LogP contribution is 2.49. The number of aryl methyl sites for hydroxylation is 1. The minimum absolute atomic E-state index is 0.147. The van der Waals surface area contributed by atoms with E-state index in [1.807, 2.05) is 37.5 Å². The smallest absolute Gasteiger partial charge is 0.227 e. The lowest BCUT2D eigenvalue weighted by Crippen LogP contribution is -2.16. The molecule has 218 valence electrons. The highest BCUT2D eigenvalue weighted by Gasteiger charge is 2.24. The molecule has 1 N–H and O–H groups in total. The second-order valence-corrected chi connectivity index (χ2v) is 12.2. The van der Waals surface area contributed by atoms with E-state index in [9.17, 15) is 0 Å². The molecule has 0 spiro atoms. The van der Waals surface area contributed by atoms with Gasteiger partial charge < -0.3 is 14.6 Å². The van der Waals surface area contributed by atoms with Crippen LogP contribution in [0.5, 0.6) is 11.6 Å². The van der Waals surface area contributed by atoms with Crippen molar-refractivity contribution in [3.05, 3.63) is 132 Å². The summed E-state index contributed by atoms with van der Waals surface area (Å²) in [5.74, 6) is 1.56. The van der Waals surface area contributed by atoms with Crippen molar-refractivity contribution in [3.63, 3.8) is 0 Å². The Kier molecular flexibility index (Phi) is 6.67. The molecule has 4 heterocycles. The molecular formula is C39H30N4OS. The molecule has 0 saturated heterocycles. The van der Waals surface area contributed by atoms with Gasteiger partial charge >= 0.3 is 0 Å². The summed E-state index contributed by atoms with van der Waals surface area (Å²) in [5, 5.41) is 9.41. The van der Waals surface area contributed by atoms with Gasteiger partial charge in [-0.25, -0.2) is 4.98 Å². The van der Waals surface area contributed by atoms with Crippen molar-refractivity contribution in [1.29, 1.82) is 0 Å². The van der Waals surface area contributed by atoms with E-state index < -0.39 is 0 Å². The number of benzene rings is 5. The van der Waals surface area contributed by atoms with E-state index in [1.54, 1.807) is 11.3 Å². The van der Waals surface area contributed by atoms with Crippen LogP contribution in [0.25, 0.3) is 53.8 Å². The largest absolute Gasteiger partial charge is 0.438 e. The van der Waals surface area contributed by atoms with Crippen LogP contribution in [-0.2, 0) is 7.05 Å². The second-order valence-electron chi connectivity index (χ2n) is 11.1. The Labute approximate surface area is 265 Å². The van der Waals surface area contributed by atoms with E-state index >= 15 is 0 Å². The van der Waals surface area contributed by atoms with Gasteiger partial charge in [0.1, 0.15) is 5.75 Å². The van der Waals surface area contributed by atoms with Crippen LogP contribution in [0, 0.1) is 0 Å². The first-order chi connectivity index (χ1) is 22.2. The van der Waals surface area contributed by atoms with E-state index in [2.05, 4.69) is 125 Å². The van der Waals surface area contributed by atoms with Crippen molar-refractivity contribution >= 4 is 66.4 Å². The SMILES string of the molecule is C=Nc1c(C(NC)c2ccccc2)sc2ccccc12.Cn1c2ccccc2c2c3ccnc4c3c(cc21)-c1ccccc1O4. The van der Waals surface area contributed by atoms with Crippen molar-refractivity contribution in [3.8, 4) is 22.8 Å². The van der Waals surface area contributed by atoms with Crippen LogP contribution in [0.2, 0.25) is 0 Å². The zero-order valence-electron chi connectivity index (χ0n) is 25.0. The quantitative estimate of drug-likeness (QED) is 0.204. The summed E-state index contributed by atoms with van der Waals surface area (Å²) >= 11 is 1.78. The van der Waals surface area contributed by atoms with Crippen molar-refractivity contribution < 1.29 is 4.74 Å². The van der Waals surface area contributed by atoms with Gasteiger partial charge in [-0.05, 0) is 55.0 Å². The van der Waals surface area contributed by atoms with E-state index in [1.165, 1.54) is 53.3 Å². The molecule has 5 aromatic carbocycles. The van der Waals surface area contributed by atoms with Crippen LogP contribution in [-0.4, -0.2) is 23.3 Å². The van der Waals surface area contributed by atoms with E-state index in [0.29, 0.717) is 5.88 Å². The number of rotatable bonds is 4. The van der Waals surface area contributed by atoms with Crippen LogP contribution in [0.15, 0.2) is 126 Å². The number of ether oxygens (including phenoxy) is 1. The van der Waals surface area contributed by atoms with Crippen LogP contribution in [0.1, 0.15) is 16.5 Å². The molecule has 3 aromatic heterocycles. The monoisotopic (exact) mass is 602 g/mol. The highest BCUT2D eigenvalue weighted by molar-refractivity contribution is 7.19. The topological polar surface area (TPSA) is 51.4 Å². The molecule has 9 rings (SSSR count). The molecule has 0 bridgehead atoms. The Morgan fingerprint density at radius 1 is 0.778 bits per heavy atom. The van der Waals surface area contributed by atoms with Gasteiger partial charge in [-0.2, -0.15) is 0 Å². The van der Waals surface area contributed by atoms with Gasteiger partial charge in [0.25, 0.3) is 0 Å². The summed E-state index contributed by atoms with van der Waals surface area (Å²) < 4.78 is 9.63. The van der Waals surface area contributed by atoms with Gasteiger partial charge in [-0.15, -0.1) is 11.3 Å². The summed E-state index contributed by atoms with van der Waals surface area (Å²) in [6.07, 6.45) is 1.84. The van der Waals surface area contributed by atoms with Gasteiger partial charge in [0.05, 0.1) is 27.5 Å². The van der Waals surface area contributed by atoms with Crippen molar-refractivity contribution in [2.45, 2.75) is 6.04 Å². The lowest BCUT2D eigenvalue weighted by molar-refractivity contribution is 0.468. The molecular weight excluding hydrogens is 573 g/mol. The fourth-order valence-corrected chi connectivity index (χ4v) is 7.96. The number of aromatic nitrogens is 2. The number of hydrogen-bond acceptors (Lipinski definition) is 5. The van der Waals surface area contributed by atoms with Crippen molar-refractivity contribution in [2.24, 2.45) is 12.0 Å². The molecule has 1 unspecified atom stereocenters. The second kappa shape index (κ2) is 11.0. The lowest BCUT2D eigenvalue weighted by Gasteiger charge is -2.20. The van der Waals surface area contributed by atoms with Crippen LogP contribution in [0.4, 0.5) is 5.69 Å². The number of nitrogens with zero attached hydrogens (tertiary/aromatic N) is 3. The van der Waals surface area contributed by atoms with E-state index in [-0.39, 0.29) is 6.04 Å². The van der Waals surface area contributed by atoms with Crippen molar-refractivity contribution in [1.82, 2.24) is 14.9 Å². The zero-order chi connectivity index (χ0) is 30.5. The first-order valence-corrected chi connectivity index (χ1v) is 15.8. The Bertz CT molecular complexity index is 2390. The average Bonchev–Trinajstić information content (AvgIpc) is 3.61. The number of pyridine rings is 1. The minimum atomic E-state index is 0.147. The third-order valence-corrected chi connectivity index (χ3v) is 9.93. The van der Waals surface area contributed by atoms with Gasteiger partial charge in [-0.1, -0.05) is 84.9 Å². The first-order valence-electron chi connectivity index (χ1n) is 14.9. The van der Waals surface area contributed by atoms with E-state index in [0.717, 1.165) is 22.4 Å². The maximum atomic E-state index is 6.10. The number of hydrogen-bond donors (Lipinski definition) is 1. The van der Waals surface area contributed by atoms with Crippen LogP contribution >= 0.6 is 11.3 Å².